The van der Waals surface area contributed by atoms with Crippen molar-refractivity contribution in [3.8, 4) is 0 Å². The standard InChI is InChI=1S/3C3H10N2.C2HF3O2.Co/c3*4-2-1-3-5;3-2(4,5)1(6)7;/h3*1-5H2;(H,6,7);. The summed E-state index contributed by atoms with van der Waals surface area (Å²) in [6, 6.07) is 0. The maximum Gasteiger partial charge on any atom is 0.490 e. The largest absolute Gasteiger partial charge is 0.490 e. The van der Waals surface area contributed by atoms with Gasteiger partial charge >= 0.3 is 12.1 Å². The van der Waals surface area contributed by atoms with Crippen LogP contribution in [0.25, 0.3) is 0 Å². The van der Waals surface area contributed by atoms with Crippen molar-refractivity contribution in [3.63, 3.8) is 0 Å². The third kappa shape index (κ3) is 61.8. The molecule has 0 amide bonds. The molecule has 0 saturated carbocycles. The van der Waals surface area contributed by atoms with E-state index in [1.807, 2.05) is 0 Å². The van der Waals surface area contributed by atoms with Crippen LogP contribution in [0.5, 0.6) is 0 Å². The van der Waals surface area contributed by atoms with Crippen LogP contribution in [0.2, 0.25) is 0 Å². The summed E-state index contributed by atoms with van der Waals surface area (Å²) in [5.41, 5.74) is 30.4. The monoisotopic (exact) mass is 395 g/mol. The molecule has 1 radical (unpaired) electrons. The summed E-state index contributed by atoms with van der Waals surface area (Å²) >= 11 is 0. The van der Waals surface area contributed by atoms with Gasteiger partial charge in [0, 0.05) is 16.8 Å². The van der Waals surface area contributed by atoms with Crippen LogP contribution in [0.15, 0.2) is 0 Å². The molecule has 0 fully saturated rings. The fraction of sp³-hybridized carbons (Fsp3) is 0.909. The summed E-state index contributed by atoms with van der Waals surface area (Å²) in [7, 11) is 0. The normalized spacial score (nSPS) is 8.91. The van der Waals surface area contributed by atoms with Crippen LogP contribution >= 0.6 is 0 Å². The molecule has 0 unspecified atom stereocenters. The minimum Gasteiger partial charge on any atom is -0.475 e. The Kier molecular flexibility index (Phi) is 43.6. The van der Waals surface area contributed by atoms with Crippen LogP contribution in [0.3, 0.4) is 0 Å². The second-order valence-corrected chi connectivity index (χ2v) is 3.60. The molecular weight excluding hydrogens is 364 g/mol. The van der Waals surface area contributed by atoms with Crippen LogP contribution in [-0.4, -0.2) is 56.5 Å². The summed E-state index contributed by atoms with van der Waals surface area (Å²) in [5, 5.41) is 7.12. The number of halogens is 3. The number of nitrogens with two attached hydrogens (primary N) is 6. The van der Waals surface area contributed by atoms with E-state index < -0.39 is 12.1 Å². The van der Waals surface area contributed by atoms with Gasteiger partial charge in [-0.1, -0.05) is 0 Å². The van der Waals surface area contributed by atoms with Gasteiger partial charge in [-0.05, 0) is 58.5 Å². The van der Waals surface area contributed by atoms with E-state index in [-0.39, 0.29) is 16.8 Å². The molecule has 0 aliphatic heterocycles. The molecule has 13 N–H and O–H groups in total. The molecule has 0 spiro atoms. The van der Waals surface area contributed by atoms with Gasteiger partial charge in [0.1, 0.15) is 0 Å². The molecular formula is C11H31CoF3N6O2. The molecule has 0 aliphatic carbocycles. The van der Waals surface area contributed by atoms with E-state index in [4.69, 9.17) is 44.3 Å². The van der Waals surface area contributed by atoms with Gasteiger partial charge in [0.15, 0.2) is 0 Å². The first kappa shape index (κ1) is 34.0. The van der Waals surface area contributed by atoms with Gasteiger partial charge in [0.25, 0.3) is 0 Å². The topological polar surface area (TPSA) is 193 Å². The van der Waals surface area contributed by atoms with E-state index in [1.165, 1.54) is 0 Å². The Balaban J connectivity index is -0.0000000625. The zero-order chi connectivity index (χ0) is 18.4. The Hall–Kier alpha value is -0.474. The predicted octanol–water partition coefficient (Wildman–Crippen LogP) is -1.49. The Bertz CT molecular complexity index is 194. The van der Waals surface area contributed by atoms with Gasteiger partial charge in [0.2, 0.25) is 0 Å². The number of carboxylic acid groups (broad SMARTS) is 1. The number of rotatable bonds is 6. The molecule has 0 aromatic heterocycles. The van der Waals surface area contributed by atoms with E-state index in [9.17, 15) is 13.2 Å². The number of carbonyl (C=O) groups is 1. The fourth-order valence-corrected chi connectivity index (χ4v) is 0.354. The molecule has 0 rings (SSSR count). The Morgan fingerprint density at radius 3 is 0.826 bits per heavy atom. The van der Waals surface area contributed by atoms with Gasteiger partial charge < -0.3 is 39.5 Å². The van der Waals surface area contributed by atoms with Crippen molar-refractivity contribution in [2.75, 3.05) is 39.3 Å². The minimum absolute atomic E-state index is 0. The molecule has 0 bridgehead atoms. The molecule has 0 aromatic carbocycles. The van der Waals surface area contributed by atoms with Gasteiger partial charge in [-0.2, -0.15) is 13.2 Å². The molecule has 0 atom stereocenters. The molecule has 0 saturated heterocycles. The molecule has 0 heterocycles. The second kappa shape index (κ2) is 29.5. The van der Waals surface area contributed by atoms with Crippen molar-refractivity contribution in [1.29, 1.82) is 0 Å². The number of hydrogen-bond donors (Lipinski definition) is 7. The van der Waals surface area contributed by atoms with Gasteiger partial charge in [-0.25, -0.2) is 4.79 Å². The summed E-state index contributed by atoms with van der Waals surface area (Å²) < 4.78 is 31.7. The minimum atomic E-state index is -5.08. The third-order valence-corrected chi connectivity index (χ3v) is 1.47. The third-order valence-electron chi connectivity index (χ3n) is 1.47. The van der Waals surface area contributed by atoms with Crippen molar-refractivity contribution in [1.82, 2.24) is 0 Å². The van der Waals surface area contributed by atoms with E-state index >= 15 is 0 Å². The summed E-state index contributed by atoms with van der Waals surface area (Å²) in [4.78, 5) is 8.90. The maximum atomic E-state index is 10.6. The van der Waals surface area contributed by atoms with Crippen molar-refractivity contribution in [2.45, 2.75) is 25.4 Å². The number of hydrogen-bond acceptors (Lipinski definition) is 7. The number of carboxylic acids is 1. The SMILES string of the molecule is NCCCN.NCCCN.NCCCN.O=C(O)C(F)(F)F.[Co]. The Morgan fingerprint density at radius 1 is 0.696 bits per heavy atom. The second-order valence-electron chi connectivity index (χ2n) is 3.60. The summed E-state index contributed by atoms with van der Waals surface area (Å²) in [5.74, 6) is -2.76. The molecule has 147 valence electrons. The van der Waals surface area contributed by atoms with Gasteiger partial charge in [-0.15, -0.1) is 0 Å². The van der Waals surface area contributed by atoms with Crippen LogP contribution in [0, 0.1) is 0 Å². The fourth-order valence-electron chi connectivity index (χ4n) is 0.354. The van der Waals surface area contributed by atoms with E-state index in [2.05, 4.69) is 0 Å². The smallest absolute Gasteiger partial charge is 0.475 e. The van der Waals surface area contributed by atoms with Gasteiger partial charge in [0.05, 0.1) is 0 Å². The van der Waals surface area contributed by atoms with E-state index in [0.29, 0.717) is 0 Å². The Morgan fingerprint density at radius 2 is 0.826 bits per heavy atom. The van der Waals surface area contributed by atoms with Crippen LogP contribution in [-0.2, 0) is 21.6 Å². The number of aliphatic carboxylic acids is 1. The molecule has 8 nitrogen and oxygen atoms in total. The van der Waals surface area contributed by atoms with Crippen LogP contribution in [0.1, 0.15) is 19.3 Å². The van der Waals surface area contributed by atoms with Crippen LogP contribution < -0.4 is 34.4 Å². The first-order valence-electron chi connectivity index (χ1n) is 6.69. The summed E-state index contributed by atoms with van der Waals surface area (Å²) in [6.07, 6.45) is -2.25. The van der Waals surface area contributed by atoms with Crippen molar-refractivity contribution in [3.05, 3.63) is 0 Å². The average molecular weight is 395 g/mol. The predicted molar refractivity (Wildman–Crippen MR) is 81.9 cm³/mol. The zero-order valence-electron chi connectivity index (χ0n) is 13.2. The van der Waals surface area contributed by atoms with Crippen molar-refractivity contribution >= 4 is 5.97 Å². The zero-order valence-corrected chi connectivity index (χ0v) is 14.2. The molecule has 12 heteroatoms. The molecule has 23 heavy (non-hydrogen) atoms. The van der Waals surface area contributed by atoms with E-state index in [1.54, 1.807) is 0 Å². The first-order valence-corrected chi connectivity index (χ1v) is 6.69. The van der Waals surface area contributed by atoms with Gasteiger partial charge in [-0.3, -0.25) is 0 Å². The maximum absolute atomic E-state index is 10.6. The molecule has 0 aromatic rings. The molecule has 0 aliphatic rings. The van der Waals surface area contributed by atoms with Crippen LogP contribution in [0.4, 0.5) is 13.2 Å². The quantitative estimate of drug-likeness (QED) is 0.283. The summed E-state index contributed by atoms with van der Waals surface area (Å²) in [6.45, 7) is 4.31. The van der Waals surface area contributed by atoms with Crippen molar-refractivity contribution in [2.24, 2.45) is 34.4 Å². The average Bonchev–Trinajstić information content (AvgIpc) is 2.42. The first-order chi connectivity index (χ1) is 10.2. The number of alkyl halides is 3. The van der Waals surface area contributed by atoms with E-state index in [0.717, 1.165) is 58.5 Å². The van der Waals surface area contributed by atoms with Crippen molar-refractivity contribution < 1.29 is 39.9 Å². The Labute approximate surface area is 145 Å².